The summed E-state index contributed by atoms with van der Waals surface area (Å²) in [5.41, 5.74) is 1.73. The van der Waals surface area contributed by atoms with Crippen molar-refractivity contribution in [2.45, 2.75) is 53.2 Å². The van der Waals surface area contributed by atoms with E-state index in [1.54, 1.807) is 30.3 Å². The van der Waals surface area contributed by atoms with Crippen LogP contribution in [0.15, 0.2) is 35.9 Å². The van der Waals surface area contributed by atoms with Gasteiger partial charge < -0.3 is 33.7 Å². The Morgan fingerprint density at radius 3 is 2.12 bits per heavy atom. The van der Waals surface area contributed by atoms with E-state index < -0.39 is 17.7 Å². The van der Waals surface area contributed by atoms with E-state index in [1.807, 2.05) is 20.8 Å². The third-order valence-corrected chi connectivity index (χ3v) is 6.56. The van der Waals surface area contributed by atoms with E-state index in [2.05, 4.69) is 13.8 Å². The maximum absolute atomic E-state index is 13.5. The van der Waals surface area contributed by atoms with Crippen molar-refractivity contribution in [3.05, 3.63) is 52.6 Å². The molecule has 2 aromatic rings. The van der Waals surface area contributed by atoms with Gasteiger partial charge in [-0.3, -0.25) is 9.59 Å². The van der Waals surface area contributed by atoms with Crippen LogP contribution in [0.3, 0.4) is 0 Å². The van der Waals surface area contributed by atoms with Gasteiger partial charge in [0.1, 0.15) is 11.5 Å². The number of hydrogen-bond donors (Lipinski definition) is 1. The van der Waals surface area contributed by atoms with Crippen LogP contribution in [0.4, 0.5) is 0 Å². The van der Waals surface area contributed by atoms with E-state index in [0.717, 1.165) is 5.56 Å². The molecule has 1 aliphatic heterocycles. The third kappa shape index (κ3) is 6.70. The minimum Gasteiger partial charge on any atom is -0.507 e. The molecule has 1 N–H and O–H groups in total. The second-order valence-corrected chi connectivity index (χ2v) is 10.4. The van der Waals surface area contributed by atoms with Crippen LogP contribution in [0.2, 0.25) is 0 Å². The van der Waals surface area contributed by atoms with E-state index in [0.29, 0.717) is 59.7 Å². The topological polar surface area (TPSA) is 104 Å². The number of methoxy groups -OCH3 is 3. The molecule has 0 aromatic heterocycles. The van der Waals surface area contributed by atoms with Gasteiger partial charge in [-0.05, 0) is 74.6 Å². The first kappa shape index (κ1) is 30.8. The lowest BCUT2D eigenvalue weighted by Gasteiger charge is -2.26. The zero-order chi connectivity index (χ0) is 29.6. The molecule has 0 aliphatic carbocycles. The number of Topliss-reactive ketones (excluding diaryl/α,β-unsaturated/α-hetero) is 1. The van der Waals surface area contributed by atoms with Gasteiger partial charge in [-0.2, -0.15) is 0 Å². The first-order valence-corrected chi connectivity index (χ1v) is 13.5. The van der Waals surface area contributed by atoms with Crippen molar-refractivity contribution in [2.75, 3.05) is 41.1 Å². The molecule has 0 saturated carbocycles. The Morgan fingerprint density at radius 2 is 1.60 bits per heavy atom. The predicted molar refractivity (Wildman–Crippen MR) is 152 cm³/mol. The molecule has 9 heteroatoms. The van der Waals surface area contributed by atoms with Crippen molar-refractivity contribution in [3.8, 4) is 23.0 Å². The highest BCUT2D eigenvalue weighted by Crippen LogP contribution is 2.46. The molecule has 3 rings (SSSR count). The number of rotatable bonds is 13. The molecule has 218 valence electrons. The van der Waals surface area contributed by atoms with Crippen LogP contribution in [0.5, 0.6) is 23.0 Å². The largest absolute Gasteiger partial charge is 0.507 e. The minimum atomic E-state index is -0.884. The fraction of sp³-hybridized carbons (Fsp3) is 0.484. The lowest BCUT2D eigenvalue weighted by atomic mass is 9.94. The van der Waals surface area contributed by atoms with E-state index in [4.69, 9.17) is 23.7 Å². The molecule has 0 bridgehead atoms. The molecule has 40 heavy (non-hydrogen) atoms. The number of aliphatic hydroxyl groups is 1. The van der Waals surface area contributed by atoms with Gasteiger partial charge in [-0.25, -0.2) is 0 Å². The number of aliphatic hydroxyl groups excluding tert-OH is 1. The van der Waals surface area contributed by atoms with Crippen LogP contribution in [0.25, 0.3) is 5.76 Å². The minimum absolute atomic E-state index is 0.0145. The van der Waals surface area contributed by atoms with Gasteiger partial charge in [0.25, 0.3) is 11.7 Å². The second kappa shape index (κ2) is 13.6. The molecular formula is C31H41NO8. The number of nitrogens with zero attached hydrogens (tertiary/aromatic N) is 1. The normalized spacial score (nSPS) is 16.6. The first-order chi connectivity index (χ1) is 19.0. The third-order valence-electron chi connectivity index (χ3n) is 6.56. The summed E-state index contributed by atoms with van der Waals surface area (Å²) in [6.45, 7) is 11.1. The molecule has 0 spiro atoms. The van der Waals surface area contributed by atoms with Crippen molar-refractivity contribution in [1.82, 2.24) is 4.90 Å². The van der Waals surface area contributed by atoms with Crippen LogP contribution in [-0.2, 0) is 14.3 Å². The van der Waals surface area contributed by atoms with Gasteiger partial charge in [-0.15, -0.1) is 0 Å². The van der Waals surface area contributed by atoms with Gasteiger partial charge >= 0.3 is 0 Å². The Balaban J connectivity index is 2.14. The van der Waals surface area contributed by atoms with E-state index >= 15 is 0 Å². The van der Waals surface area contributed by atoms with Crippen molar-refractivity contribution in [3.63, 3.8) is 0 Å². The summed E-state index contributed by atoms with van der Waals surface area (Å²) in [7, 11) is 4.48. The fourth-order valence-electron chi connectivity index (χ4n) is 4.64. The number of amides is 1. The molecule has 1 aliphatic rings. The predicted octanol–water partition coefficient (Wildman–Crippen LogP) is 5.29. The molecular weight excluding hydrogens is 514 g/mol. The van der Waals surface area contributed by atoms with E-state index in [1.165, 1.54) is 26.2 Å². The molecule has 1 atom stereocenters. The molecule has 1 amide bonds. The summed E-state index contributed by atoms with van der Waals surface area (Å²) in [6.07, 6.45) is 0.546. The number of benzene rings is 2. The summed E-state index contributed by atoms with van der Waals surface area (Å²) in [6, 6.07) is 7.70. The van der Waals surface area contributed by atoms with Crippen LogP contribution in [0, 0.1) is 12.8 Å². The van der Waals surface area contributed by atoms with Gasteiger partial charge in [-0.1, -0.05) is 13.8 Å². The zero-order valence-electron chi connectivity index (χ0n) is 24.7. The molecule has 0 radical (unpaired) electrons. The molecule has 1 unspecified atom stereocenters. The lowest BCUT2D eigenvalue weighted by molar-refractivity contribution is -0.140. The Labute approximate surface area is 236 Å². The van der Waals surface area contributed by atoms with Crippen molar-refractivity contribution in [2.24, 2.45) is 5.92 Å². The summed E-state index contributed by atoms with van der Waals surface area (Å²) >= 11 is 0. The number of likely N-dealkylation sites (tertiary alicyclic amines) is 1. The van der Waals surface area contributed by atoms with Gasteiger partial charge in [0.15, 0.2) is 11.5 Å². The Bertz CT molecular complexity index is 1220. The maximum atomic E-state index is 13.5. The van der Waals surface area contributed by atoms with Crippen LogP contribution >= 0.6 is 0 Å². The highest BCUT2D eigenvalue weighted by atomic mass is 16.5. The summed E-state index contributed by atoms with van der Waals surface area (Å²) in [4.78, 5) is 28.3. The van der Waals surface area contributed by atoms with Crippen molar-refractivity contribution in [1.29, 1.82) is 0 Å². The number of carbonyl (C=O) groups is 2. The first-order valence-electron chi connectivity index (χ1n) is 13.5. The smallest absolute Gasteiger partial charge is 0.295 e. The standard InChI is InChI=1S/C31H41NO8/c1-18(2)17-40-23-11-10-21(14-20(23)5)28(33)26-27(22-15-24(36-6)30(38-8)25(16-22)37-7)32(31(35)29(26)34)12-9-13-39-19(3)4/h10-11,14-16,18-19,27,33H,9,12-13,17H2,1-8H3/b28-26+. The van der Waals surface area contributed by atoms with E-state index in [-0.39, 0.29) is 24.0 Å². The fourth-order valence-corrected chi connectivity index (χ4v) is 4.64. The summed E-state index contributed by atoms with van der Waals surface area (Å²) in [5, 5.41) is 11.5. The summed E-state index contributed by atoms with van der Waals surface area (Å²) in [5.74, 6) is 0.434. The zero-order valence-corrected chi connectivity index (χ0v) is 24.7. The maximum Gasteiger partial charge on any atom is 0.295 e. The SMILES string of the molecule is COc1cc(C2/C(=C(\O)c3ccc(OCC(C)C)c(C)c3)C(=O)C(=O)N2CCCOC(C)C)cc(OC)c1OC. The quantitative estimate of drug-likeness (QED) is 0.154. The highest BCUT2D eigenvalue weighted by Gasteiger charge is 2.46. The molecule has 1 heterocycles. The Kier molecular flexibility index (Phi) is 10.5. The van der Waals surface area contributed by atoms with Crippen molar-refractivity contribution >= 4 is 17.4 Å². The summed E-state index contributed by atoms with van der Waals surface area (Å²) < 4.78 is 28.1. The number of ether oxygens (including phenoxy) is 5. The van der Waals surface area contributed by atoms with Gasteiger partial charge in [0, 0.05) is 18.7 Å². The van der Waals surface area contributed by atoms with Crippen molar-refractivity contribution < 1.29 is 38.4 Å². The molecule has 1 fully saturated rings. The van der Waals surface area contributed by atoms with Gasteiger partial charge in [0.05, 0.1) is 45.7 Å². The number of carbonyl (C=O) groups excluding carboxylic acids is 2. The number of aryl methyl sites for hydroxylation is 1. The highest BCUT2D eigenvalue weighted by molar-refractivity contribution is 6.46. The van der Waals surface area contributed by atoms with Crippen LogP contribution < -0.4 is 18.9 Å². The molecule has 2 aromatic carbocycles. The van der Waals surface area contributed by atoms with Crippen LogP contribution in [-0.4, -0.2) is 68.9 Å². The number of hydrogen-bond acceptors (Lipinski definition) is 8. The lowest BCUT2D eigenvalue weighted by Crippen LogP contribution is -2.31. The average Bonchev–Trinajstić information content (AvgIpc) is 3.18. The van der Waals surface area contributed by atoms with Crippen LogP contribution in [0.1, 0.15) is 56.8 Å². The average molecular weight is 556 g/mol. The molecule has 9 nitrogen and oxygen atoms in total. The second-order valence-electron chi connectivity index (χ2n) is 10.4. The Morgan fingerprint density at radius 1 is 0.950 bits per heavy atom. The van der Waals surface area contributed by atoms with Gasteiger partial charge in [0.2, 0.25) is 5.75 Å². The number of ketones is 1. The Hall–Kier alpha value is -3.72. The van der Waals surface area contributed by atoms with E-state index in [9.17, 15) is 14.7 Å². The molecule has 1 saturated heterocycles. The monoisotopic (exact) mass is 555 g/mol.